The number of allylic oxidation sites excluding steroid dienone is 3. The lowest BCUT2D eigenvalue weighted by molar-refractivity contribution is 0.328. The van der Waals surface area contributed by atoms with Gasteiger partial charge in [0.15, 0.2) is 7.14 Å². The van der Waals surface area contributed by atoms with E-state index in [1.165, 1.54) is 5.57 Å². The van der Waals surface area contributed by atoms with Crippen LogP contribution in [0, 0.1) is 0 Å². The smallest absolute Gasteiger partial charge is 0.153 e. The largest absolute Gasteiger partial charge is 0.461 e. The minimum Gasteiger partial charge on any atom is -0.461 e. The first kappa shape index (κ1) is 19.2. The molecular weight excluding hydrogens is 387 g/mol. The van der Waals surface area contributed by atoms with Gasteiger partial charge < -0.3 is 9.30 Å². The second-order valence-electron chi connectivity index (χ2n) is 7.93. The number of hydrogen-bond acceptors (Lipinski definition) is 2. The second kappa shape index (κ2) is 8.13. The van der Waals surface area contributed by atoms with Gasteiger partial charge >= 0.3 is 0 Å². The van der Waals surface area contributed by atoms with Gasteiger partial charge in [-0.1, -0.05) is 91.0 Å². The van der Waals surface area contributed by atoms with Gasteiger partial charge in [-0.2, -0.15) is 0 Å². The highest BCUT2D eigenvalue weighted by molar-refractivity contribution is 7.79. The van der Waals surface area contributed by atoms with Gasteiger partial charge in [0.25, 0.3) is 0 Å². The van der Waals surface area contributed by atoms with Gasteiger partial charge in [-0.25, -0.2) is 0 Å². The van der Waals surface area contributed by atoms with E-state index in [-0.39, 0.29) is 5.66 Å². The van der Waals surface area contributed by atoms with Gasteiger partial charge in [0.05, 0.1) is 5.66 Å². The van der Waals surface area contributed by atoms with Crippen molar-refractivity contribution in [1.29, 1.82) is 0 Å². The molecule has 0 radical (unpaired) electrons. The summed E-state index contributed by atoms with van der Waals surface area (Å²) in [5.41, 5.74) is 2.07. The van der Waals surface area contributed by atoms with Gasteiger partial charge in [-0.3, -0.25) is 0 Å². The molecule has 5 rings (SSSR count). The van der Waals surface area contributed by atoms with Crippen molar-refractivity contribution in [2.75, 3.05) is 0 Å². The van der Waals surface area contributed by atoms with E-state index in [9.17, 15) is 0 Å². The van der Waals surface area contributed by atoms with E-state index in [0.717, 1.165) is 53.4 Å². The summed E-state index contributed by atoms with van der Waals surface area (Å²) < 4.78 is 21.5. The highest BCUT2D eigenvalue weighted by Crippen LogP contribution is 2.56. The van der Waals surface area contributed by atoms with Crippen LogP contribution in [0.15, 0.2) is 108 Å². The van der Waals surface area contributed by atoms with Gasteiger partial charge in [-0.15, -0.1) is 0 Å². The summed E-state index contributed by atoms with van der Waals surface area (Å²) in [4.78, 5) is 0. The first-order chi connectivity index (χ1) is 14.8. The van der Waals surface area contributed by atoms with Gasteiger partial charge in [0.2, 0.25) is 0 Å². The average molecular weight is 412 g/mol. The molecule has 1 heterocycles. The maximum Gasteiger partial charge on any atom is 0.153 e. The summed E-state index contributed by atoms with van der Waals surface area (Å²) in [6, 6.07) is 30.2. The van der Waals surface area contributed by atoms with E-state index in [1.54, 1.807) is 0 Å². The SMILES string of the molecule is O=P(c1ccccc1)(c1ccccc1)[C@H]1C=C(c2ccccc2)OC2=C1CCCC2. The third-order valence-corrected chi connectivity index (χ3v) is 9.46. The molecule has 0 N–H and O–H groups in total. The maximum absolute atomic E-state index is 15.1. The fourth-order valence-corrected chi connectivity index (χ4v) is 7.82. The molecule has 1 aliphatic carbocycles. The zero-order valence-corrected chi connectivity index (χ0v) is 17.8. The van der Waals surface area contributed by atoms with Crippen molar-refractivity contribution in [3.05, 3.63) is 114 Å². The van der Waals surface area contributed by atoms with Crippen LogP contribution in [0.25, 0.3) is 5.76 Å². The summed E-state index contributed by atoms with van der Waals surface area (Å²) in [5, 5.41) is 1.81. The molecule has 0 unspecified atom stereocenters. The Balaban J connectivity index is 1.73. The van der Waals surface area contributed by atoms with E-state index in [0.29, 0.717) is 0 Å². The van der Waals surface area contributed by atoms with Gasteiger partial charge in [0.1, 0.15) is 11.5 Å². The zero-order chi connectivity index (χ0) is 20.4. The summed E-state index contributed by atoms with van der Waals surface area (Å²) in [6.45, 7) is 0. The molecule has 2 nitrogen and oxygen atoms in total. The van der Waals surface area contributed by atoms with Crippen LogP contribution in [0.3, 0.4) is 0 Å². The molecular formula is C27H25O2P. The predicted molar refractivity (Wildman–Crippen MR) is 125 cm³/mol. The molecule has 0 saturated heterocycles. The Morgan fingerprint density at radius 1 is 0.700 bits per heavy atom. The Labute approximate surface area is 178 Å². The molecule has 3 aromatic rings. The Morgan fingerprint density at radius 3 is 1.83 bits per heavy atom. The van der Waals surface area contributed by atoms with Gasteiger partial charge in [-0.05, 0) is 30.9 Å². The van der Waals surface area contributed by atoms with Crippen molar-refractivity contribution in [2.24, 2.45) is 0 Å². The molecule has 3 heteroatoms. The highest BCUT2D eigenvalue weighted by Gasteiger charge is 2.42. The van der Waals surface area contributed by atoms with Crippen molar-refractivity contribution in [2.45, 2.75) is 31.3 Å². The van der Waals surface area contributed by atoms with E-state index >= 15 is 4.57 Å². The molecule has 1 atom stereocenters. The molecule has 1 aliphatic heterocycles. The van der Waals surface area contributed by atoms with Crippen LogP contribution in [0.1, 0.15) is 31.2 Å². The fraction of sp³-hybridized carbons (Fsp3) is 0.185. The lowest BCUT2D eigenvalue weighted by Gasteiger charge is -2.36. The van der Waals surface area contributed by atoms with Crippen molar-refractivity contribution in [1.82, 2.24) is 0 Å². The van der Waals surface area contributed by atoms with E-state index in [4.69, 9.17) is 4.74 Å². The molecule has 150 valence electrons. The van der Waals surface area contributed by atoms with Crippen LogP contribution >= 0.6 is 7.14 Å². The van der Waals surface area contributed by atoms with Crippen LogP contribution in [0.4, 0.5) is 0 Å². The molecule has 0 bridgehead atoms. The quantitative estimate of drug-likeness (QED) is 0.472. The Morgan fingerprint density at radius 2 is 1.23 bits per heavy atom. The number of hydrogen-bond donors (Lipinski definition) is 0. The van der Waals surface area contributed by atoms with Crippen molar-refractivity contribution >= 4 is 23.5 Å². The number of rotatable bonds is 4. The molecule has 0 fully saturated rings. The first-order valence-electron chi connectivity index (χ1n) is 10.6. The predicted octanol–water partition coefficient (Wildman–Crippen LogP) is 6.27. The normalized spacial score (nSPS) is 18.9. The summed E-state index contributed by atoms with van der Waals surface area (Å²) >= 11 is 0. The first-order valence-corrected chi connectivity index (χ1v) is 12.4. The Bertz CT molecular complexity index is 1090. The topological polar surface area (TPSA) is 26.3 Å². The maximum atomic E-state index is 15.1. The molecule has 3 aromatic carbocycles. The van der Waals surface area contributed by atoms with E-state index < -0.39 is 7.14 Å². The molecule has 0 amide bonds. The molecule has 2 aliphatic rings. The zero-order valence-electron chi connectivity index (χ0n) is 16.9. The van der Waals surface area contributed by atoms with Crippen LogP contribution < -0.4 is 10.6 Å². The van der Waals surface area contributed by atoms with Crippen LogP contribution in [-0.4, -0.2) is 5.66 Å². The number of ether oxygens (including phenoxy) is 1. The lowest BCUT2D eigenvalue weighted by Crippen LogP contribution is -2.30. The Hall–Kier alpha value is -2.83. The third kappa shape index (κ3) is 3.36. The van der Waals surface area contributed by atoms with E-state index in [1.807, 2.05) is 78.9 Å². The molecule has 0 spiro atoms. The van der Waals surface area contributed by atoms with Crippen LogP contribution in [0.5, 0.6) is 0 Å². The van der Waals surface area contributed by atoms with Gasteiger partial charge in [0, 0.05) is 22.6 Å². The summed E-state index contributed by atoms with van der Waals surface area (Å²) in [6.07, 6.45) is 6.23. The monoisotopic (exact) mass is 412 g/mol. The Kier molecular flexibility index (Phi) is 5.19. The highest BCUT2D eigenvalue weighted by atomic mass is 31.2. The average Bonchev–Trinajstić information content (AvgIpc) is 2.84. The summed E-state index contributed by atoms with van der Waals surface area (Å²) in [5.74, 6) is 1.85. The van der Waals surface area contributed by atoms with Crippen molar-refractivity contribution in [3.63, 3.8) is 0 Å². The summed E-state index contributed by atoms with van der Waals surface area (Å²) in [7, 11) is -2.96. The lowest BCUT2D eigenvalue weighted by atomic mass is 9.92. The van der Waals surface area contributed by atoms with Crippen molar-refractivity contribution in [3.8, 4) is 0 Å². The third-order valence-electron chi connectivity index (χ3n) is 6.09. The van der Waals surface area contributed by atoms with Crippen molar-refractivity contribution < 1.29 is 9.30 Å². The number of benzene rings is 3. The van der Waals surface area contributed by atoms with Crippen LogP contribution in [-0.2, 0) is 9.30 Å². The molecule has 0 saturated carbocycles. The minimum absolute atomic E-state index is 0.179. The molecule has 0 aromatic heterocycles. The van der Waals surface area contributed by atoms with Crippen LogP contribution in [0.2, 0.25) is 0 Å². The van der Waals surface area contributed by atoms with E-state index in [2.05, 4.69) is 18.2 Å². The fourth-order valence-electron chi connectivity index (χ4n) is 4.59. The molecule has 30 heavy (non-hydrogen) atoms. The second-order valence-corrected chi connectivity index (χ2v) is 10.8. The standard InChI is InChI=1S/C27H25O2P/c28-30(22-14-6-2-7-15-22,23-16-8-3-9-17-23)27-20-26(21-12-4-1-5-13-21)29-25-19-11-10-18-24(25)27/h1-9,12-17,20,27H,10-11,18-19H2/t27-/m0/s1. The minimum atomic E-state index is -2.96.